The molecule has 0 saturated carbocycles. The van der Waals surface area contributed by atoms with Gasteiger partial charge in [-0.15, -0.1) is 0 Å². The molecule has 0 saturated heterocycles. The van der Waals surface area contributed by atoms with E-state index in [0.29, 0.717) is 5.95 Å². The van der Waals surface area contributed by atoms with Gasteiger partial charge in [0.25, 0.3) is 0 Å². The number of aromatic nitrogens is 4. The molecule has 0 amide bonds. The summed E-state index contributed by atoms with van der Waals surface area (Å²) in [5, 5.41) is 4.17. The van der Waals surface area contributed by atoms with Crippen LogP contribution in [0.1, 0.15) is 5.69 Å². The second-order valence-corrected chi connectivity index (χ2v) is 2.45. The van der Waals surface area contributed by atoms with Gasteiger partial charge < -0.3 is 0 Å². The normalized spacial score (nSPS) is 10.1. The third-order valence-corrected chi connectivity index (χ3v) is 1.48. The molecule has 0 unspecified atom stereocenters. The summed E-state index contributed by atoms with van der Waals surface area (Å²) in [6.45, 7) is 1.93. The van der Waals surface area contributed by atoms with E-state index in [0.717, 1.165) is 5.69 Å². The summed E-state index contributed by atoms with van der Waals surface area (Å²) in [6, 6.07) is 3.69. The van der Waals surface area contributed by atoms with Gasteiger partial charge in [0.1, 0.15) is 0 Å². The van der Waals surface area contributed by atoms with Gasteiger partial charge in [-0.3, -0.25) is 0 Å². The molecule has 12 heavy (non-hydrogen) atoms. The zero-order valence-electron chi connectivity index (χ0n) is 6.68. The Kier molecular flexibility index (Phi) is 1.59. The van der Waals surface area contributed by atoms with E-state index in [-0.39, 0.29) is 0 Å². The fraction of sp³-hybridized carbons (Fsp3) is 0.125. The topological polar surface area (TPSA) is 43.6 Å². The minimum Gasteiger partial charge on any atom is -0.220 e. The maximum absolute atomic E-state index is 4.17. The predicted molar refractivity (Wildman–Crippen MR) is 43.9 cm³/mol. The second-order valence-electron chi connectivity index (χ2n) is 2.45. The molecule has 60 valence electrons. The lowest BCUT2D eigenvalue weighted by molar-refractivity contribution is 0.797. The van der Waals surface area contributed by atoms with Gasteiger partial charge in [0.15, 0.2) is 0 Å². The molecule has 4 heteroatoms. The van der Waals surface area contributed by atoms with E-state index in [1.165, 1.54) is 0 Å². The first-order valence-corrected chi connectivity index (χ1v) is 3.66. The molecule has 2 aromatic rings. The molecule has 0 atom stereocenters. The van der Waals surface area contributed by atoms with Crippen molar-refractivity contribution in [3.05, 3.63) is 36.4 Å². The average molecular weight is 160 g/mol. The summed E-state index contributed by atoms with van der Waals surface area (Å²) in [6.07, 6.45) is 5.23. The van der Waals surface area contributed by atoms with Gasteiger partial charge in [0.05, 0.1) is 5.69 Å². The molecule has 2 heterocycles. The van der Waals surface area contributed by atoms with E-state index in [2.05, 4.69) is 15.1 Å². The molecule has 0 bridgehead atoms. The Bertz CT molecular complexity index is 366. The van der Waals surface area contributed by atoms with Crippen LogP contribution in [0.15, 0.2) is 30.7 Å². The van der Waals surface area contributed by atoms with E-state index >= 15 is 0 Å². The van der Waals surface area contributed by atoms with Gasteiger partial charge >= 0.3 is 0 Å². The predicted octanol–water partition coefficient (Wildman–Crippen LogP) is 0.971. The molecule has 0 aromatic carbocycles. The fourth-order valence-electron chi connectivity index (χ4n) is 0.936. The molecule has 0 N–H and O–H groups in total. The SMILES string of the molecule is Cc1ccn(-c2ncccn2)n1. The summed E-state index contributed by atoms with van der Waals surface area (Å²) < 4.78 is 1.65. The number of aryl methyl sites for hydroxylation is 1. The van der Waals surface area contributed by atoms with Crippen molar-refractivity contribution >= 4 is 0 Å². The number of rotatable bonds is 1. The average Bonchev–Trinajstić information content (AvgIpc) is 2.54. The Labute approximate surface area is 69.9 Å². The van der Waals surface area contributed by atoms with Gasteiger partial charge in [0, 0.05) is 18.6 Å². The zero-order chi connectivity index (χ0) is 8.39. The van der Waals surface area contributed by atoms with E-state index in [9.17, 15) is 0 Å². The first-order chi connectivity index (χ1) is 5.86. The Morgan fingerprint density at radius 1 is 1.25 bits per heavy atom. The van der Waals surface area contributed by atoms with Crippen LogP contribution in [0.5, 0.6) is 0 Å². The standard InChI is InChI=1S/C8H8N4/c1-7-3-6-12(11-7)8-9-4-2-5-10-8/h2-6H,1H3. The van der Waals surface area contributed by atoms with Crippen LogP contribution in [0.25, 0.3) is 5.95 Å². The van der Waals surface area contributed by atoms with E-state index in [4.69, 9.17) is 0 Å². The van der Waals surface area contributed by atoms with Crippen LogP contribution in [0.4, 0.5) is 0 Å². The van der Waals surface area contributed by atoms with Crippen molar-refractivity contribution in [2.75, 3.05) is 0 Å². The van der Waals surface area contributed by atoms with Crippen molar-refractivity contribution in [1.82, 2.24) is 19.7 Å². The van der Waals surface area contributed by atoms with Crippen molar-refractivity contribution in [2.24, 2.45) is 0 Å². The Balaban J connectivity index is 2.45. The first-order valence-electron chi connectivity index (χ1n) is 3.66. The number of hydrogen-bond acceptors (Lipinski definition) is 3. The maximum atomic E-state index is 4.17. The summed E-state index contributed by atoms with van der Waals surface area (Å²) in [5.74, 6) is 0.602. The van der Waals surface area contributed by atoms with Crippen molar-refractivity contribution in [2.45, 2.75) is 6.92 Å². The smallest absolute Gasteiger partial charge is 0.220 e. The highest BCUT2D eigenvalue weighted by Gasteiger charge is 1.97. The van der Waals surface area contributed by atoms with Crippen LogP contribution < -0.4 is 0 Å². The van der Waals surface area contributed by atoms with Gasteiger partial charge in [-0.05, 0) is 19.1 Å². The minimum atomic E-state index is 0.602. The molecule has 4 nitrogen and oxygen atoms in total. The van der Waals surface area contributed by atoms with Crippen LogP contribution in [0.2, 0.25) is 0 Å². The monoisotopic (exact) mass is 160 g/mol. The van der Waals surface area contributed by atoms with Crippen LogP contribution >= 0.6 is 0 Å². The fourth-order valence-corrected chi connectivity index (χ4v) is 0.936. The van der Waals surface area contributed by atoms with Crippen LogP contribution in [-0.2, 0) is 0 Å². The highest BCUT2D eigenvalue weighted by atomic mass is 15.3. The lowest BCUT2D eigenvalue weighted by Crippen LogP contribution is -2.00. The minimum absolute atomic E-state index is 0.602. The highest BCUT2D eigenvalue weighted by Crippen LogP contribution is 1.98. The Hall–Kier alpha value is -1.71. The third-order valence-electron chi connectivity index (χ3n) is 1.48. The molecule has 2 rings (SSSR count). The van der Waals surface area contributed by atoms with E-state index in [1.807, 2.05) is 19.2 Å². The molecule has 0 spiro atoms. The van der Waals surface area contributed by atoms with Gasteiger partial charge in [-0.25, -0.2) is 14.6 Å². The van der Waals surface area contributed by atoms with Crippen LogP contribution in [0, 0.1) is 6.92 Å². The quantitative estimate of drug-likeness (QED) is 0.624. The summed E-state index contributed by atoms with van der Waals surface area (Å²) >= 11 is 0. The second kappa shape index (κ2) is 2.73. The molecule has 0 aliphatic heterocycles. The molecular weight excluding hydrogens is 152 g/mol. The summed E-state index contributed by atoms with van der Waals surface area (Å²) in [5.41, 5.74) is 0.961. The van der Waals surface area contributed by atoms with Crippen molar-refractivity contribution < 1.29 is 0 Å². The maximum Gasteiger partial charge on any atom is 0.250 e. The van der Waals surface area contributed by atoms with Gasteiger partial charge in [0.2, 0.25) is 5.95 Å². The van der Waals surface area contributed by atoms with Crippen molar-refractivity contribution in [1.29, 1.82) is 0 Å². The number of nitrogens with zero attached hydrogens (tertiary/aromatic N) is 4. The molecule has 0 aliphatic rings. The van der Waals surface area contributed by atoms with E-state index in [1.54, 1.807) is 23.1 Å². The first kappa shape index (κ1) is 6.97. The zero-order valence-corrected chi connectivity index (χ0v) is 6.68. The van der Waals surface area contributed by atoms with Crippen LogP contribution in [-0.4, -0.2) is 19.7 Å². The van der Waals surface area contributed by atoms with Gasteiger partial charge in [-0.1, -0.05) is 0 Å². The summed E-state index contributed by atoms with van der Waals surface area (Å²) in [7, 11) is 0. The third kappa shape index (κ3) is 1.18. The van der Waals surface area contributed by atoms with Crippen molar-refractivity contribution in [3.8, 4) is 5.95 Å². The molecular formula is C8H8N4. The Morgan fingerprint density at radius 3 is 2.58 bits per heavy atom. The van der Waals surface area contributed by atoms with Crippen molar-refractivity contribution in [3.63, 3.8) is 0 Å². The molecule has 0 radical (unpaired) electrons. The number of hydrogen-bond donors (Lipinski definition) is 0. The summed E-state index contributed by atoms with van der Waals surface area (Å²) in [4.78, 5) is 8.10. The lowest BCUT2D eigenvalue weighted by atomic mass is 10.5. The Morgan fingerprint density at radius 2 is 2.00 bits per heavy atom. The van der Waals surface area contributed by atoms with E-state index < -0.39 is 0 Å². The van der Waals surface area contributed by atoms with Crippen LogP contribution in [0.3, 0.4) is 0 Å². The molecule has 0 aliphatic carbocycles. The van der Waals surface area contributed by atoms with Gasteiger partial charge in [-0.2, -0.15) is 5.10 Å². The highest BCUT2D eigenvalue weighted by molar-refractivity contribution is 5.10. The molecule has 2 aromatic heterocycles. The lowest BCUT2D eigenvalue weighted by Gasteiger charge is -1.95. The molecule has 0 fully saturated rings. The largest absolute Gasteiger partial charge is 0.250 e.